The Kier molecular flexibility index (Phi) is 5.96. The fourth-order valence-corrected chi connectivity index (χ4v) is 3.06. The zero-order valence-corrected chi connectivity index (χ0v) is 16.4. The predicted molar refractivity (Wildman–Crippen MR) is 105 cm³/mol. The normalized spacial score (nSPS) is 11.2. The minimum absolute atomic E-state index is 0.104. The molecule has 1 aromatic heterocycles. The maximum Gasteiger partial charge on any atom is 0.246 e. The van der Waals surface area contributed by atoms with E-state index >= 15 is 0 Å². The van der Waals surface area contributed by atoms with Crippen LogP contribution >= 0.6 is 11.6 Å². The maximum atomic E-state index is 12.0. The van der Waals surface area contributed by atoms with Gasteiger partial charge >= 0.3 is 0 Å². The molecule has 2 aromatic carbocycles. The molecule has 3 rings (SSSR count). The molecule has 146 valence electrons. The number of hydrogen-bond acceptors (Lipinski definition) is 6. The molecule has 0 atom stereocenters. The number of aromatic nitrogens is 2. The zero-order chi connectivity index (χ0) is 20.1. The summed E-state index contributed by atoms with van der Waals surface area (Å²) in [6.45, 7) is 0.104. The molecule has 3 aromatic rings. The number of amides is 1. The second kappa shape index (κ2) is 8.41. The molecular weight excluding hydrogens is 404 g/mol. The number of nitrogens with zero attached hydrogens (tertiary/aromatic N) is 2. The van der Waals surface area contributed by atoms with Crippen LogP contribution in [0.4, 0.5) is 5.69 Å². The molecule has 0 spiro atoms. The van der Waals surface area contributed by atoms with E-state index in [2.05, 4.69) is 20.2 Å². The van der Waals surface area contributed by atoms with Gasteiger partial charge in [0.2, 0.25) is 27.6 Å². The Balaban J connectivity index is 1.56. The van der Waals surface area contributed by atoms with Gasteiger partial charge in [-0.2, -0.15) is 4.98 Å². The molecule has 8 nitrogen and oxygen atoms in total. The van der Waals surface area contributed by atoms with Crippen molar-refractivity contribution in [3.8, 4) is 11.4 Å². The Bertz CT molecular complexity index is 1060. The van der Waals surface area contributed by atoms with Crippen LogP contribution in [0.5, 0.6) is 0 Å². The zero-order valence-electron chi connectivity index (χ0n) is 14.8. The van der Waals surface area contributed by atoms with Crippen LogP contribution in [-0.4, -0.2) is 30.7 Å². The summed E-state index contributed by atoms with van der Waals surface area (Å²) in [5, 5.41) is 7.20. The van der Waals surface area contributed by atoms with Gasteiger partial charge in [-0.1, -0.05) is 28.9 Å². The Hall–Kier alpha value is -2.91. The maximum absolute atomic E-state index is 12.0. The molecule has 0 unspecified atom stereocenters. The van der Waals surface area contributed by atoms with Crippen LogP contribution in [0.15, 0.2) is 53.1 Å². The fraction of sp³-hybridized carbons (Fsp3) is 0.167. The quantitative estimate of drug-likeness (QED) is 0.607. The van der Waals surface area contributed by atoms with Crippen molar-refractivity contribution in [1.29, 1.82) is 0 Å². The molecule has 0 aliphatic rings. The molecule has 10 heteroatoms. The molecular formula is C18H17ClN4O4S. The van der Waals surface area contributed by atoms with Crippen LogP contribution in [-0.2, 0) is 27.8 Å². The van der Waals surface area contributed by atoms with E-state index in [0.29, 0.717) is 22.1 Å². The highest BCUT2D eigenvalue weighted by Crippen LogP contribution is 2.19. The Morgan fingerprint density at radius 2 is 1.79 bits per heavy atom. The molecule has 0 saturated heterocycles. The number of sulfonamides is 1. The lowest BCUT2D eigenvalue weighted by atomic mass is 10.1. The van der Waals surface area contributed by atoms with Gasteiger partial charge < -0.3 is 9.84 Å². The fourth-order valence-electron chi connectivity index (χ4n) is 2.37. The summed E-state index contributed by atoms with van der Waals surface area (Å²) in [6, 6.07) is 13.6. The second-order valence-electron chi connectivity index (χ2n) is 6.04. The molecule has 0 aliphatic carbocycles. The summed E-state index contributed by atoms with van der Waals surface area (Å²) >= 11 is 5.82. The summed E-state index contributed by atoms with van der Waals surface area (Å²) in [5.41, 5.74) is 1.93. The average Bonchev–Trinajstić information content (AvgIpc) is 3.10. The van der Waals surface area contributed by atoms with E-state index in [0.717, 1.165) is 11.8 Å². The van der Waals surface area contributed by atoms with Crippen molar-refractivity contribution in [2.75, 3.05) is 11.0 Å². The summed E-state index contributed by atoms with van der Waals surface area (Å²) in [5.74, 6) is 0.420. The standard InChI is InChI=1S/C18H17ClN4O4S/c1-28(25,26)23-15-8-4-13(5-9-15)18-21-17(27-22-18)11-20-16(24)10-12-2-6-14(19)7-3-12/h2-9,23H,10-11H2,1H3,(H,20,24). The molecule has 1 heterocycles. The summed E-state index contributed by atoms with van der Waals surface area (Å²) in [7, 11) is -3.34. The molecule has 0 fully saturated rings. The number of rotatable bonds is 7. The monoisotopic (exact) mass is 420 g/mol. The topological polar surface area (TPSA) is 114 Å². The lowest BCUT2D eigenvalue weighted by Gasteiger charge is -2.03. The Morgan fingerprint density at radius 1 is 1.11 bits per heavy atom. The number of carbonyl (C=O) groups is 1. The van der Waals surface area contributed by atoms with E-state index in [1.807, 2.05) is 0 Å². The SMILES string of the molecule is CS(=O)(=O)Nc1ccc(-c2noc(CNC(=O)Cc3ccc(Cl)cc3)n2)cc1. The molecule has 2 N–H and O–H groups in total. The molecule has 0 saturated carbocycles. The van der Waals surface area contributed by atoms with Crippen LogP contribution in [0.2, 0.25) is 5.02 Å². The van der Waals surface area contributed by atoms with Crippen molar-refractivity contribution in [3.63, 3.8) is 0 Å². The molecule has 0 radical (unpaired) electrons. The highest BCUT2D eigenvalue weighted by atomic mass is 35.5. The average molecular weight is 421 g/mol. The van der Waals surface area contributed by atoms with Crippen LogP contribution in [0.1, 0.15) is 11.5 Å². The van der Waals surface area contributed by atoms with Gasteiger partial charge in [0.15, 0.2) is 0 Å². The van der Waals surface area contributed by atoms with Crippen molar-refractivity contribution in [1.82, 2.24) is 15.5 Å². The van der Waals surface area contributed by atoms with Gasteiger partial charge in [-0.15, -0.1) is 0 Å². The number of halogens is 1. The first-order chi connectivity index (χ1) is 13.3. The summed E-state index contributed by atoms with van der Waals surface area (Å²) < 4.78 is 30.0. The van der Waals surface area contributed by atoms with Gasteiger partial charge in [0, 0.05) is 16.3 Å². The van der Waals surface area contributed by atoms with Gasteiger partial charge in [-0.25, -0.2) is 8.42 Å². The van der Waals surface area contributed by atoms with Gasteiger partial charge in [0.1, 0.15) is 0 Å². The smallest absolute Gasteiger partial charge is 0.246 e. The lowest BCUT2D eigenvalue weighted by molar-refractivity contribution is -0.120. The van der Waals surface area contributed by atoms with E-state index in [-0.39, 0.29) is 24.8 Å². The van der Waals surface area contributed by atoms with E-state index in [1.165, 1.54) is 0 Å². The minimum atomic E-state index is -3.34. The second-order valence-corrected chi connectivity index (χ2v) is 8.23. The first-order valence-electron chi connectivity index (χ1n) is 8.20. The number of carbonyl (C=O) groups excluding carboxylic acids is 1. The molecule has 1 amide bonds. The molecule has 28 heavy (non-hydrogen) atoms. The first-order valence-corrected chi connectivity index (χ1v) is 10.5. The van der Waals surface area contributed by atoms with Crippen LogP contribution in [0.25, 0.3) is 11.4 Å². The minimum Gasteiger partial charge on any atom is -0.347 e. The number of hydrogen-bond donors (Lipinski definition) is 2. The van der Waals surface area contributed by atoms with Crippen molar-refractivity contribution in [2.45, 2.75) is 13.0 Å². The predicted octanol–water partition coefficient (Wildman–Crippen LogP) is 2.62. The number of nitrogens with one attached hydrogen (secondary N) is 2. The van der Waals surface area contributed by atoms with E-state index in [9.17, 15) is 13.2 Å². The molecule has 0 aliphatic heterocycles. The highest BCUT2D eigenvalue weighted by Gasteiger charge is 2.11. The van der Waals surface area contributed by atoms with Gasteiger partial charge in [0.25, 0.3) is 0 Å². The summed E-state index contributed by atoms with van der Waals surface area (Å²) in [4.78, 5) is 16.2. The third kappa shape index (κ3) is 5.80. The van der Waals surface area contributed by atoms with Gasteiger partial charge in [0.05, 0.1) is 19.2 Å². The van der Waals surface area contributed by atoms with E-state index in [4.69, 9.17) is 16.1 Å². The Labute approximate surface area is 167 Å². The first kappa shape index (κ1) is 19.8. The van der Waals surface area contributed by atoms with E-state index < -0.39 is 10.0 Å². The van der Waals surface area contributed by atoms with Crippen LogP contribution in [0.3, 0.4) is 0 Å². The molecule has 0 bridgehead atoms. The number of benzene rings is 2. The lowest BCUT2D eigenvalue weighted by Crippen LogP contribution is -2.24. The highest BCUT2D eigenvalue weighted by molar-refractivity contribution is 7.92. The number of anilines is 1. The third-order valence-corrected chi connectivity index (χ3v) is 4.49. The van der Waals surface area contributed by atoms with Crippen molar-refractivity contribution in [2.24, 2.45) is 0 Å². The third-order valence-electron chi connectivity index (χ3n) is 3.63. The van der Waals surface area contributed by atoms with Crippen molar-refractivity contribution >= 4 is 33.2 Å². The van der Waals surface area contributed by atoms with E-state index in [1.54, 1.807) is 48.5 Å². The summed E-state index contributed by atoms with van der Waals surface area (Å²) in [6.07, 6.45) is 1.29. The van der Waals surface area contributed by atoms with Crippen molar-refractivity contribution in [3.05, 3.63) is 65.0 Å². The van der Waals surface area contributed by atoms with Crippen LogP contribution in [0, 0.1) is 0 Å². The van der Waals surface area contributed by atoms with Crippen LogP contribution < -0.4 is 10.0 Å². The van der Waals surface area contributed by atoms with Crippen molar-refractivity contribution < 1.29 is 17.7 Å². The largest absolute Gasteiger partial charge is 0.347 e. The van der Waals surface area contributed by atoms with Gasteiger partial charge in [-0.05, 0) is 42.0 Å². The van der Waals surface area contributed by atoms with Gasteiger partial charge in [-0.3, -0.25) is 9.52 Å². The Morgan fingerprint density at radius 3 is 2.43 bits per heavy atom.